The van der Waals surface area contributed by atoms with Crippen LogP contribution in [0.4, 0.5) is 0 Å². The van der Waals surface area contributed by atoms with E-state index in [9.17, 15) is 0 Å². The van der Waals surface area contributed by atoms with Gasteiger partial charge in [-0.2, -0.15) is 0 Å². The molecule has 1 nitrogen and oxygen atoms in total. The first kappa shape index (κ1) is 14.5. The molecule has 0 radical (unpaired) electrons. The van der Waals surface area contributed by atoms with Crippen LogP contribution in [0.25, 0.3) is 0 Å². The van der Waals surface area contributed by atoms with Crippen LogP contribution >= 0.6 is 11.6 Å². The Kier molecular flexibility index (Phi) is 8.12. The van der Waals surface area contributed by atoms with Crippen molar-refractivity contribution in [2.45, 2.75) is 52.0 Å². The highest BCUT2D eigenvalue weighted by Crippen LogP contribution is 2.14. The van der Waals surface area contributed by atoms with Crippen LogP contribution in [0.2, 0.25) is 5.02 Å². The first-order valence-corrected chi connectivity index (χ1v) is 7.16. The molecule has 2 heteroatoms. The van der Waals surface area contributed by atoms with E-state index < -0.39 is 0 Å². The summed E-state index contributed by atoms with van der Waals surface area (Å²) in [4.78, 5) is 0. The molecule has 0 atom stereocenters. The third kappa shape index (κ3) is 6.70. The third-order valence-electron chi connectivity index (χ3n) is 2.98. The number of halogens is 1. The highest BCUT2D eigenvalue weighted by atomic mass is 35.5. The molecule has 0 aliphatic carbocycles. The lowest BCUT2D eigenvalue weighted by atomic mass is 10.1. The van der Waals surface area contributed by atoms with Gasteiger partial charge < -0.3 is 5.32 Å². The lowest BCUT2D eigenvalue weighted by molar-refractivity contribution is 0.572. The summed E-state index contributed by atoms with van der Waals surface area (Å²) >= 11 is 6.08. The molecule has 0 amide bonds. The van der Waals surface area contributed by atoms with Gasteiger partial charge in [-0.15, -0.1) is 0 Å². The van der Waals surface area contributed by atoms with Gasteiger partial charge in [0.1, 0.15) is 0 Å². The largest absolute Gasteiger partial charge is 0.313 e. The van der Waals surface area contributed by atoms with Crippen molar-refractivity contribution in [2.24, 2.45) is 0 Å². The number of unbranched alkanes of at least 4 members (excludes halogenated alkanes) is 5. The van der Waals surface area contributed by atoms with E-state index in [1.165, 1.54) is 44.1 Å². The quantitative estimate of drug-likeness (QED) is 0.624. The van der Waals surface area contributed by atoms with Gasteiger partial charge in [0, 0.05) is 11.6 Å². The highest BCUT2D eigenvalue weighted by molar-refractivity contribution is 6.31. The molecule has 0 fully saturated rings. The lowest BCUT2D eigenvalue weighted by Crippen LogP contribution is -2.14. The molecule has 1 rings (SSSR count). The van der Waals surface area contributed by atoms with Crippen molar-refractivity contribution in [3.05, 3.63) is 34.9 Å². The van der Waals surface area contributed by atoms with Gasteiger partial charge >= 0.3 is 0 Å². The van der Waals surface area contributed by atoms with Crippen molar-refractivity contribution in [3.63, 3.8) is 0 Å². The Balaban J connectivity index is 1.99. The Morgan fingerprint density at radius 3 is 2.47 bits per heavy atom. The zero-order valence-corrected chi connectivity index (χ0v) is 11.6. The van der Waals surface area contributed by atoms with E-state index in [0.29, 0.717) is 0 Å². The standard InChI is InChI=1S/C15H24ClN/c1-2-3-4-5-6-9-12-17-13-14-10-7-8-11-15(14)16/h7-8,10-11,17H,2-6,9,12-13H2,1H3. The molecule has 96 valence electrons. The molecule has 1 N–H and O–H groups in total. The van der Waals surface area contributed by atoms with Crippen LogP contribution in [0.3, 0.4) is 0 Å². The second kappa shape index (κ2) is 9.49. The van der Waals surface area contributed by atoms with E-state index in [4.69, 9.17) is 11.6 Å². The maximum atomic E-state index is 6.08. The maximum Gasteiger partial charge on any atom is 0.0450 e. The van der Waals surface area contributed by atoms with E-state index in [2.05, 4.69) is 18.3 Å². The molecule has 0 aromatic heterocycles. The van der Waals surface area contributed by atoms with Crippen LogP contribution in [0.1, 0.15) is 51.0 Å². The maximum absolute atomic E-state index is 6.08. The van der Waals surface area contributed by atoms with E-state index in [0.717, 1.165) is 18.1 Å². The van der Waals surface area contributed by atoms with Crippen LogP contribution in [0.5, 0.6) is 0 Å². The molecule has 0 aliphatic rings. The third-order valence-corrected chi connectivity index (χ3v) is 3.35. The minimum atomic E-state index is 0.864. The second-order valence-electron chi connectivity index (χ2n) is 4.54. The zero-order valence-electron chi connectivity index (χ0n) is 10.8. The molecule has 1 aromatic rings. The van der Waals surface area contributed by atoms with Crippen LogP contribution < -0.4 is 5.32 Å². The number of hydrogen-bond acceptors (Lipinski definition) is 1. The van der Waals surface area contributed by atoms with E-state index in [1.54, 1.807) is 0 Å². The molecule has 0 bridgehead atoms. The van der Waals surface area contributed by atoms with Crippen LogP contribution in [-0.2, 0) is 6.54 Å². The summed E-state index contributed by atoms with van der Waals surface area (Å²) < 4.78 is 0. The molecular formula is C15H24ClN. The SMILES string of the molecule is CCCCCCCCNCc1ccccc1Cl. The second-order valence-corrected chi connectivity index (χ2v) is 4.94. The van der Waals surface area contributed by atoms with Crippen LogP contribution in [0.15, 0.2) is 24.3 Å². The van der Waals surface area contributed by atoms with Gasteiger partial charge in [0.15, 0.2) is 0 Å². The van der Waals surface area contributed by atoms with Crippen molar-refractivity contribution >= 4 is 11.6 Å². The summed E-state index contributed by atoms with van der Waals surface area (Å²) in [5, 5.41) is 4.31. The summed E-state index contributed by atoms with van der Waals surface area (Å²) in [7, 11) is 0. The molecule has 0 heterocycles. The normalized spacial score (nSPS) is 10.7. The first-order valence-electron chi connectivity index (χ1n) is 6.78. The molecule has 0 saturated carbocycles. The Bertz CT molecular complexity index is 299. The fourth-order valence-electron chi connectivity index (χ4n) is 1.90. The predicted octanol–water partition coefficient (Wildman–Crippen LogP) is 4.79. The van der Waals surface area contributed by atoms with Crippen molar-refractivity contribution in [1.29, 1.82) is 0 Å². The Morgan fingerprint density at radius 2 is 1.71 bits per heavy atom. The Hall–Kier alpha value is -0.530. The number of benzene rings is 1. The molecule has 0 saturated heterocycles. The predicted molar refractivity (Wildman–Crippen MR) is 76.5 cm³/mol. The van der Waals surface area contributed by atoms with Crippen molar-refractivity contribution in [1.82, 2.24) is 5.32 Å². The smallest absolute Gasteiger partial charge is 0.0450 e. The van der Waals surface area contributed by atoms with Gasteiger partial charge in [0.2, 0.25) is 0 Å². The van der Waals surface area contributed by atoms with E-state index in [1.807, 2.05) is 18.2 Å². The minimum Gasteiger partial charge on any atom is -0.313 e. The van der Waals surface area contributed by atoms with Gasteiger partial charge in [-0.1, -0.05) is 68.8 Å². The summed E-state index contributed by atoms with van der Waals surface area (Å²) in [6.07, 6.45) is 8.09. The molecular weight excluding hydrogens is 230 g/mol. The average molecular weight is 254 g/mol. The summed E-state index contributed by atoms with van der Waals surface area (Å²) in [6, 6.07) is 8.03. The fourth-order valence-corrected chi connectivity index (χ4v) is 2.10. The van der Waals surface area contributed by atoms with Gasteiger partial charge in [-0.3, -0.25) is 0 Å². The van der Waals surface area contributed by atoms with Gasteiger partial charge in [-0.25, -0.2) is 0 Å². The van der Waals surface area contributed by atoms with Crippen molar-refractivity contribution < 1.29 is 0 Å². The summed E-state index contributed by atoms with van der Waals surface area (Å²) in [5.74, 6) is 0. The minimum absolute atomic E-state index is 0.864. The fraction of sp³-hybridized carbons (Fsp3) is 0.600. The molecule has 1 aromatic carbocycles. The van der Waals surface area contributed by atoms with E-state index >= 15 is 0 Å². The monoisotopic (exact) mass is 253 g/mol. The van der Waals surface area contributed by atoms with Crippen LogP contribution in [-0.4, -0.2) is 6.54 Å². The van der Waals surface area contributed by atoms with E-state index in [-0.39, 0.29) is 0 Å². The van der Waals surface area contributed by atoms with Gasteiger partial charge in [0.05, 0.1) is 0 Å². The van der Waals surface area contributed by atoms with Gasteiger partial charge in [0.25, 0.3) is 0 Å². The lowest BCUT2D eigenvalue weighted by Gasteiger charge is -2.06. The first-order chi connectivity index (χ1) is 8.34. The number of hydrogen-bond donors (Lipinski definition) is 1. The summed E-state index contributed by atoms with van der Waals surface area (Å²) in [6.45, 7) is 4.23. The molecule has 17 heavy (non-hydrogen) atoms. The van der Waals surface area contributed by atoms with Crippen molar-refractivity contribution in [2.75, 3.05) is 6.54 Å². The molecule has 0 aliphatic heterocycles. The Morgan fingerprint density at radius 1 is 1.00 bits per heavy atom. The highest BCUT2D eigenvalue weighted by Gasteiger charge is 1.97. The average Bonchev–Trinajstić information content (AvgIpc) is 2.35. The molecule has 0 unspecified atom stereocenters. The van der Waals surface area contributed by atoms with Crippen LogP contribution in [0, 0.1) is 0 Å². The zero-order chi connectivity index (χ0) is 12.3. The number of nitrogens with one attached hydrogen (secondary N) is 1. The summed E-state index contributed by atoms with van der Waals surface area (Å²) in [5.41, 5.74) is 1.19. The molecule has 0 spiro atoms. The Labute approximate surface area is 111 Å². The van der Waals surface area contributed by atoms with Crippen molar-refractivity contribution in [3.8, 4) is 0 Å². The van der Waals surface area contributed by atoms with Gasteiger partial charge in [-0.05, 0) is 24.6 Å². The number of rotatable bonds is 9. The topological polar surface area (TPSA) is 12.0 Å².